The normalized spacial score (nSPS) is 21.8. The standard InChI is InChI=1S/C31H41N3O4/c1-23-28(35)26-19-13-14-20-27(26)31(38)34(30(37)25-17-11-10-12-18-25)29(36)24(2)33-22-16-9-7-5-3-4-6-8-15-21-32-23/h10-14,17-20,23-24,32-33H,3-9,15-16,21-22H2,1-2H3. The lowest BCUT2D eigenvalue weighted by molar-refractivity contribution is -0.128. The molecular formula is C31H41N3O4. The number of hydrogen-bond donors (Lipinski definition) is 2. The van der Waals surface area contributed by atoms with E-state index in [9.17, 15) is 19.2 Å². The lowest BCUT2D eigenvalue weighted by Gasteiger charge is -2.24. The van der Waals surface area contributed by atoms with Crippen molar-refractivity contribution in [3.8, 4) is 0 Å². The molecule has 1 aliphatic rings. The summed E-state index contributed by atoms with van der Waals surface area (Å²) in [5, 5.41) is 6.46. The van der Waals surface area contributed by atoms with E-state index in [1.165, 1.54) is 31.7 Å². The van der Waals surface area contributed by atoms with Crippen LogP contribution in [0.4, 0.5) is 0 Å². The molecule has 7 nitrogen and oxygen atoms in total. The molecule has 0 bridgehead atoms. The van der Waals surface area contributed by atoms with E-state index < -0.39 is 29.8 Å². The third-order valence-electron chi connectivity index (χ3n) is 7.09. The Morgan fingerprint density at radius 3 is 1.71 bits per heavy atom. The highest BCUT2D eigenvalue weighted by Crippen LogP contribution is 2.18. The van der Waals surface area contributed by atoms with Gasteiger partial charge < -0.3 is 10.6 Å². The van der Waals surface area contributed by atoms with E-state index in [1.54, 1.807) is 62.4 Å². The van der Waals surface area contributed by atoms with Crippen LogP contribution in [0.3, 0.4) is 0 Å². The molecule has 0 aliphatic carbocycles. The van der Waals surface area contributed by atoms with Gasteiger partial charge in [-0.2, -0.15) is 0 Å². The molecule has 0 spiro atoms. The van der Waals surface area contributed by atoms with Crippen LogP contribution in [0, 0.1) is 0 Å². The Morgan fingerprint density at radius 2 is 1.13 bits per heavy atom. The monoisotopic (exact) mass is 519 g/mol. The molecule has 1 aliphatic heterocycles. The van der Waals surface area contributed by atoms with Crippen molar-refractivity contribution in [3.63, 3.8) is 0 Å². The summed E-state index contributed by atoms with van der Waals surface area (Å²) in [7, 11) is 0. The van der Waals surface area contributed by atoms with Gasteiger partial charge >= 0.3 is 0 Å². The Bertz CT molecular complexity index is 1090. The van der Waals surface area contributed by atoms with Crippen molar-refractivity contribution in [2.75, 3.05) is 13.1 Å². The van der Waals surface area contributed by atoms with Crippen LogP contribution >= 0.6 is 0 Å². The number of carbonyl (C=O) groups excluding carboxylic acids is 4. The molecule has 7 heteroatoms. The number of carbonyl (C=O) groups is 4. The van der Waals surface area contributed by atoms with Crippen LogP contribution in [0.5, 0.6) is 0 Å². The lowest BCUT2D eigenvalue weighted by Crippen LogP contribution is -2.51. The summed E-state index contributed by atoms with van der Waals surface area (Å²) in [6.45, 7) is 4.78. The number of ketones is 1. The number of Topliss-reactive ketones (excluding diaryl/α,β-unsaturated/α-hetero) is 1. The number of fused-ring (bicyclic) bond motifs is 1. The minimum Gasteiger partial charge on any atom is -0.307 e. The summed E-state index contributed by atoms with van der Waals surface area (Å²) in [5.41, 5.74) is 0.468. The van der Waals surface area contributed by atoms with E-state index >= 15 is 0 Å². The highest BCUT2D eigenvalue weighted by atomic mass is 16.2. The highest BCUT2D eigenvalue weighted by molar-refractivity contribution is 6.23. The van der Waals surface area contributed by atoms with Crippen molar-refractivity contribution >= 4 is 23.5 Å². The average Bonchev–Trinajstić information content (AvgIpc) is 2.94. The van der Waals surface area contributed by atoms with Crippen molar-refractivity contribution in [2.24, 2.45) is 0 Å². The fourth-order valence-corrected chi connectivity index (χ4v) is 4.74. The molecule has 38 heavy (non-hydrogen) atoms. The number of hydrogen-bond acceptors (Lipinski definition) is 6. The lowest BCUT2D eigenvalue weighted by atomic mass is 9.98. The molecule has 0 saturated heterocycles. The molecule has 3 amide bonds. The Morgan fingerprint density at radius 1 is 0.658 bits per heavy atom. The maximum Gasteiger partial charge on any atom is 0.268 e. The van der Waals surface area contributed by atoms with Crippen LogP contribution in [0.15, 0.2) is 54.6 Å². The van der Waals surface area contributed by atoms with Crippen molar-refractivity contribution in [2.45, 2.75) is 83.7 Å². The zero-order chi connectivity index (χ0) is 27.3. The van der Waals surface area contributed by atoms with E-state index in [0.29, 0.717) is 18.0 Å². The second-order valence-corrected chi connectivity index (χ2v) is 10.1. The summed E-state index contributed by atoms with van der Waals surface area (Å²) in [4.78, 5) is 55.0. The number of rotatable bonds is 1. The van der Waals surface area contributed by atoms with Crippen molar-refractivity contribution < 1.29 is 19.2 Å². The van der Waals surface area contributed by atoms with Gasteiger partial charge in [-0.25, -0.2) is 4.90 Å². The SMILES string of the molecule is CC1NCCCCCCCCCCCNC(C)C(=O)N(C(=O)c2ccccc2)C(=O)c2ccccc2C1=O. The van der Waals surface area contributed by atoms with Gasteiger partial charge in [-0.05, 0) is 58.0 Å². The summed E-state index contributed by atoms with van der Waals surface area (Å²) >= 11 is 0. The van der Waals surface area contributed by atoms with Gasteiger partial charge in [0.25, 0.3) is 17.7 Å². The van der Waals surface area contributed by atoms with E-state index in [1.807, 2.05) is 0 Å². The van der Waals surface area contributed by atoms with Gasteiger partial charge in [0.15, 0.2) is 5.78 Å². The molecular weight excluding hydrogens is 478 g/mol. The van der Waals surface area contributed by atoms with Gasteiger partial charge in [0.2, 0.25) is 0 Å². The number of amides is 3. The predicted molar refractivity (Wildman–Crippen MR) is 149 cm³/mol. The summed E-state index contributed by atoms with van der Waals surface area (Å²) in [6.07, 6.45) is 10.1. The van der Waals surface area contributed by atoms with Gasteiger partial charge in [-0.15, -0.1) is 0 Å². The zero-order valence-corrected chi connectivity index (χ0v) is 22.7. The Kier molecular flexibility index (Phi) is 11.8. The first-order valence-corrected chi connectivity index (χ1v) is 14.0. The van der Waals surface area contributed by atoms with Crippen LogP contribution in [0.2, 0.25) is 0 Å². The van der Waals surface area contributed by atoms with E-state index in [0.717, 1.165) is 32.1 Å². The van der Waals surface area contributed by atoms with Crippen LogP contribution < -0.4 is 10.6 Å². The topological polar surface area (TPSA) is 95.6 Å². The summed E-state index contributed by atoms with van der Waals surface area (Å²) in [6, 6.07) is 13.4. The second-order valence-electron chi connectivity index (χ2n) is 10.1. The highest BCUT2D eigenvalue weighted by Gasteiger charge is 2.35. The Hall–Kier alpha value is -3.16. The van der Waals surface area contributed by atoms with Crippen molar-refractivity contribution in [1.82, 2.24) is 15.5 Å². The molecule has 1 heterocycles. The molecule has 3 rings (SSSR count). The van der Waals surface area contributed by atoms with Gasteiger partial charge in [0, 0.05) is 11.1 Å². The van der Waals surface area contributed by atoms with E-state index in [-0.39, 0.29) is 22.5 Å². The van der Waals surface area contributed by atoms with Gasteiger partial charge in [0.05, 0.1) is 17.6 Å². The first-order chi connectivity index (χ1) is 18.4. The molecule has 2 N–H and O–H groups in total. The minimum absolute atomic E-state index is 0.0434. The summed E-state index contributed by atoms with van der Waals surface area (Å²) < 4.78 is 0. The molecule has 2 aromatic rings. The quantitative estimate of drug-likeness (QED) is 0.506. The van der Waals surface area contributed by atoms with Crippen molar-refractivity contribution in [1.29, 1.82) is 0 Å². The molecule has 0 saturated carbocycles. The van der Waals surface area contributed by atoms with Gasteiger partial charge in [-0.3, -0.25) is 19.2 Å². The molecule has 0 aromatic heterocycles. The van der Waals surface area contributed by atoms with Crippen LogP contribution in [0.25, 0.3) is 0 Å². The summed E-state index contributed by atoms with van der Waals surface area (Å²) in [5.74, 6) is -2.38. The van der Waals surface area contributed by atoms with Crippen LogP contribution in [-0.4, -0.2) is 53.6 Å². The van der Waals surface area contributed by atoms with Gasteiger partial charge in [-0.1, -0.05) is 81.3 Å². The van der Waals surface area contributed by atoms with Crippen LogP contribution in [0.1, 0.15) is 103 Å². The minimum atomic E-state index is -0.792. The van der Waals surface area contributed by atoms with Crippen LogP contribution in [-0.2, 0) is 4.79 Å². The number of benzene rings is 2. The second kappa shape index (κ2) is 15.3. The first kappa shape index (κ1) is 29.4. The van der Waals surface area contributed by atoms with E-state index in [4.69, 9.17) is 0 Å². The maximum atomic E-state index is 13.9. The van der Waals surface area contributed by atoms with E-state index in [2.05, 4.69) is 10.6 Å². The molecule has 2 unspecified atom stereocenters. The fraction of sp³-hybridized carbons (Fsp3) is 0.484. The molecule has 2 aromatic carbocycles. The number of nitrogens with zero attached hydrogens (tertiary/aromatic N) is 1. The average molecular weight is 520 g/mol. The smallest absolute Gasteiger partial charge is 0.268 e. The first-order valence-electron chi connectivity index (χ1n) is 14.0. The number of nitrogens with one attached hydrogen (secondary N) is 2. The van der Waals surface area contributed by atoms with Gasteiger partial charge in [0.1, 0.15) is 0 Å². The zero-order valence-electron chi connectivity index (χ0n) is 22.7. The molecule has 204 valence electrons. The Labute approximate surface area is 226 Å². The maximum absolute atomic E-state index is 13.9. The fourth-order valence-electron chi connectivity index (χ4n) is 4.74. The molecule has 2 atom stereocenters. The predicted octanol–water partition coefficient (Wildman–Crippen LogP) is 5.16. The largest absolute Gasteiger partial charge is 0.307 e. The third-order valence-corrected chi connectivity index (χ3v) is 7.09. The third kappa shape index (κ3) is 8.17. The number of imide groups is 3. The molecule has 0 fully saturated rings. The Balaban J connectivity index is 1.93. The molecule has 0 radical (unpaired) electrons. The van der Waals surface area contributed by atoms with Crippen molar-refractivity contribution in [3.05, 3.63) is 71.3 Å².